The van der Waals surface area contributed by atoms with Gasteiger partial charge in [0, 0.05) is 49.2 Å². The van der Waals surface area contributed by atoms with Crippen LogP contribution in [0.25, 0.3) is 91.3 Å². The van der Waals surface area contributed by atoms with Crippen molar-refractivity contribution >= 4 is 80.9 Å². The fraction of sp³-hybridized carbons (Fsp3) is 0. The quantitative estimate of drug-likeness (QED) is 0.180. The van der Waals surface area contributed by atoms with Crippen LogP contribution in [0, 0.1) is 17.9 Å². The van der Waals surface area contributed by atoms with Crippen molar-refractivity contribution < 1.29 is 0 Å². The Morgan fingerprint density at radius 1 is 0.612 bits per heavy atom. The van der Waals surface area contributed by atoms with Crippen LogP contribution in [-0.2, 0) is 0 Å². The van der Waals surface area contributed by atoms with Gasteiger partial charge in [-0.25, -0.2) is 4.85 Å². The molecule has 0 fully saturated rings. The van der Waals surface area contributed by atoms with Gasteiger partial charge in [0.1, 0.15) is 0 Å². The van der Waals surface area contributed by atoms with E-state index in [-0.39, 0.29) is 0 Å². The van der Waals surface area contributed by atoms with E-state index in [4.69, 9.17) is 11.6 Å². The van der Waals surface area contributed by atoms with Crippen LogP contribution in [0.5, 0.6) is 0 Å². The molecule has 0 atom stereocenters. The normalized spacial score (nSPS) is 11.6. The van der Waals surface area contributed by atoms with Crippen LogP contribution in [0.15, 0.2) is 140 Å². The summed E-state index contributed by atoms with van der Waals surface area (Å²) in [5.74, 6) is 0. The lowest BCUT2D eigenvalue weighted by Gasteiger charge is -2.14. The first kappa shape index (κ1) is 27.4. The maximum atomic E-state index is 9.62. The Morgan fingerprint density at radius 3 is 2.31 bits per heavy atom. The lowest BCUT2D eigenvalue weighted by Crippen LogP contribution is -1.96. The molecule has 6 aromatic carbocycles. The molecule has 0 aliphatic carbocycles. The van der Waals surface area contributed by atoms with Crippen molar-refractivity contribution in [2.45, 2.75) is 0 Å². The molecule has 0 radical (unpaired) electrons. The Labute approximate surface area is 284 Å². The Balaban J connectivity index is 1.22. The number of rotatable bonds is 3. The maximum absolute atomic E-state index is 9.62. The lowest BCUT2D eigenvalue weighted by atomic mass is 10.0. The average Bonchev–Trinajstić information content (AvgIpc) is 3.82. The van der Waals surface area contributed by atoms with Crippen molar-refractivity contribution in [2.24, 2.45) is 0 Å². The summed E-state index contributed by atoms with van der Waals surface area (Å²) >= 11 is 1.82. The van der Waals surface area contributed by atoms with Crippen LogP contribution in [0.3, 0.4) is 0 Å². The molecule has 4 aromatic heterocycles. The first-order chi connectivity index (χ1) is 24.2. The molecule has 0 bridgehead atoms. The molecular formula is C43H23N5S. The maximum Gasteiger partial charge on any atom is 0.189 e. The standard InChI is InChI=1S/C43H23N5S/c1-45-29-21-28(23-31(24-29)47-37-12-4-2-10-32(37)36-20-26(25-44)15-18-38(36)47)27-8-6-9-30(22-27)48-39-13-7-19-46-41(39)35-17-16-34-33-11-3-5-14-40(33)49-43(34)42(35)48/h2-24H. The fourth-order valence-electron chi connectivity index (χ4n) is 7.46. The summed E-state index contributed by atoms with van der Waals surface area (Å²) in [4.78, 5) is 8.76. The molecule has 10 rings (SSSR count). The summed E-state index contributed by atoms with van der Waals surface area (Å²) in [7, 11) is 0. The van der Waals surface area contributed by atoms with Gasteiger partial charge in [-0.05, 0) is 90.0 Å². The van der Waals surface area contributed by atoms with Gasteiger partial charge < -0.3 is 9.13 Å². The minimum absolute atomic E-state index is 0.561. The zero-order chi connectivity index (χ0) is 32.6. The van der Waals surface area contributed by atoms with Gasteiger partial charge in [-0.3, -0.25) is 4.98 Å². The number of para-hydroxylation sites is 1. The largest absolute Gasteiger partial charge is 0.310 e. The van der Waals surface area contributed by atoms with Crippen LogP contribution >= 0.6 is 11.3 Å². The van der Waals surface area contributed by atoms with Crippen molar-refractivity contribution in [2.75, 3.05) is 0 Å². The zero-order valence-electron chi connectivity index (χ0n) is 25.9. The second kappa shape index (κ2) is 10.4. The second-order valence-electron chi connectivity index (χ2n) is 12.2. The van der Waals surface area contributed by atoms with Crippen molar-refractivity contribution in [1.82, 2.24) is 14.1 Å². The van der Waals surface area contributed by atoms with E-state index < -0.39 is 0 Å². The molecule has 4 heterocycles. The van der Waals surface area contributed by atoms with Gasteiger partial charge in [-0.2, -0.15) is 5.26 Å². The number of aromatic nitrogens is 3. The van der Waals surface area contributed by atoms with E-state index in [1.807, 2.05) is 66.1 Å². The first-order valence-corrected chi connectivity index (χ1v) is 16.8. The lowest BCUT2D eigenvalue weighted by molar-refractivity contribution is 1.18. The van der Waals surface area contributed by atoms with Crippen LogP contribution in [-0.4, -0.2) is 14.1 Å². The van der Waals surface area contributed by atoms with Crippen molar-refractivity contribution in [1.29, 1.82) is 5.26 Å². The van der Waals surface area contributed by atoms with Gasteiger partial charge in [0.25, 0.3) is 0 Å². The van der Waals surface area contributed by atoms with Gasteiger partial charge >= 0.3 is 0 Å². The van der Waals surface area contributed by atoms with Gasteiger partial charge in [-0.1, -0.05) is 54.6 Å². The van der Waals surface area contributed by atoms with Gasteiger partial charge in [0.15, 0.2) is 5.69 Å². The Bertz CT molecular complexity index is 3090. The molecule has 0 spiro atoms. The number of fused-ring (bicyclic) bond motifs is 10. The van der Waals surface area contributed by atoms with Crippen LogP contribution < -0.4 is 0 Å². The summed E-state index contributed by atoms with van der Waals surface area (Å²) in [6, 6.07) is 48.2. The third-order valence-electron chi connectivity index (χ3n) is 9.56. The van der Waals surface area contributed by atoms with Crippen molar-refractivity contribution in [3.05, 3.63) is 157 Å². The average molecular weight is 642 g/mol. The minimum atomic E-state index is 0.561. The fourth-order valence-corrected chi connectivity index (χ4v) is 8.70. The van der Waals surface area contributed by atoms with Gasteiger partial charge in [0.2, 0.25) is 0 Å². The molecule has 0 aliphatic rings. The molecular weight excluding hydrogens is 619 g/mol. The predicted octanol–water partition coefficient (Wildman–Crippen LogP) is 11.7. The first-order valence-electron chi connectivity index (χ1n) is 16.0. The summed E-state index contributed by atoms with van der Waals surface area (Å²) in [6.45, 7) is 8.03. The molecule has 10 aromatic rings. The van der Waals surface area contributed by atoms with Crippen LogP contribution in [0.4, 0.5) is 5.69 Å². The molecule has 0 saturated carbocycles. The monoisotopic (exact) mass is 641 g/mol. The van der Waals surface area contributed by atoms with Crippen LogP contribution in [0.1, 0.15) is 5.56 Å². The molecule has 5 nitrogen and oxygen atoms in total. The molecule has 0 aliphatic heterocycles. The van der Waals surface area contributed by atoms with E-state index in [2.05, 4.69) is 105 Å². The van der Waals surface area contributed by atoms with E-state index in [9.17, 15) is 5.26 Å². The highest BCUT2D eigenvalue weighted by atomic mass is 32.1. The summed E-state index contributed by atoms with van der Waals surface area (Å²) in [5.41, 5.74) is 10.3. The zero-order valence-corrected chi connectivity index (χ0v) is 26.7. The van der Waals surface area contributed by atoms with Gasteiger partial charge in [0.05, 0.1) is 50.5 Å². The number of nitrogens with zero attached hydrogens (tertiary/aromatic N) is 5. The molecule has 0 N–H and O–H groups in total. The number of thiophene rings is 1. The molecule has 226 valence electrons. The van der Waals surface area contributed by atoms with E-state index >= 15 is 0 Å². The second-order valence-corrected chi connectivity index (χ2v) is 13.3. The number of nitriles is 1. The third-order valence-corrected chi connectivity index (χ3v) is 10.7. The Morgan fingerprint density at radius 2 is 1.41 bits per heavy atom. The number of benzene rings is 6. The summed E-state index contributed by atoms with van der Waals surface area (Å²) < 4.78 is 7.05. The molecule has 0 amide bonds. The summed E-state index contributed by atoms with van der Waals surface area (Å²) in [6.07, 6.45) is 1.87. The van der Waals surface area contributed by atoms with E-state index in [1.165, 1.54) is 20.2 Å². The molecule has 49 heavy (non-hydrogen) atoms. The SMILES string of the molecule is [C-]#[N+]c1cc(-c2cccc(-n3c4cccnc4c4ccc5c6ccccc6sc5c43)c2)cc(-n2c3ccccc3c3cc(C#N)ccc32)c1. The van der Waals surface area contributed by atoms with E-state index in [0.29, 0.717) is 11.3 Å². The highest BCUT2D eigenvalue weighted by molar-refractivity contribution is 7.26. The number of hydrogen-bond donors (Lipinski definition) is 0. The molecule has 0 saturated heterocycles. The minimum Gasteiger partial charge on any atom is -0.310 e. The summed E-state index contributed by atoms with van der Waals surface area (Å²) in [5, 5.41) is 15.3. The van der Waals surface area contributed by atoms with Crippen molar-refractivity contribution in [3.63, 3.8) is 0 Å². The van der Waals surface area contributed by atoms with E-state index in [0.717, 1.165) is 66.2 Å². The van der Waals surface area contributed by atoms with Gasteiger partial charge in [-0.15, -0.1) is 11.3 Å². The Hall–Kier alpha value is -6.73. The number of pyridine rings is 1. The number of hydrogen-bond acceptors (Lipinski definition) is 3. The topological polar surface area (TPSA) is 50.9 Å². The molecule has 6 heteroatoms. The highest BCUT2D eigenvalue weighted by Gasteiger charge is 2.19. The smallest absolute Gasteiger partial charge is 0.189 e. The highest BCUT2D eigenvalue weighted by Crippen LogP contribution is 2.43. The van der Waals surface area contributed by atoms with Crippen molar-refractivity contribution in [3.8, 4) is 28.6 Å². The van der Waals surface area contributed by atoms with E-state index in [1.54, 1.807) is 0 Å². The molecule has 0 unspecified atom stereocenters. The predicted molar refractivity (Wildman–Crippen MR) is 202 cm³/mol. The third kappa shape index (κ3) is 3.99. The Kier molecular flexibility index (Phi) is 5.81. The van der Waals surface area contributed by atoms with Crippen LogP contribution in [0.2, 0.25) is 0 Å².